The summed E-state index contributed by atoms with van der Waals surface area (Å²) in [6.45, 7) is 0. The summed E-state index contributed by atoms with van der Waals surface area (Å²) in [6, 6.07) is 44.3. The van der Waals surface area contributed by atoms with Crippen LogP contribution in [0.5, 0.6) is 0 Å². The number of oxazole rings is 1. The van der Waals surface area contributed by atoms with E-state index in [1.807, 2.05) is 109 Å². The van der Waals surface area contributed by atoms with Gasteiger partial charge in [0.05, 0.1) is 0 Å². The largest absolute Gasteiger partial charge is 0.456 e. The number of para-hydroxylation sites is 1. The molecule has 0 spiro atoms. The highest BCUT2D eigenvalue weighted by molar-refractivity contribution is 6.12. The van der Waals surface area contributed by atoms with E-state index < -0.39 is 0 Å². The van der Waals surface area contributed by atoms with Crippen molar-refractivity contribution in [2.24, 2.45) is 0 Å². The molecular weight excluding hydrogens is 544 g/mol. The molecule has 44 heavy (non-hydrogen) atoms. The molecule has 0 unspecified atom stereocenters. The van der Waals surface area contributed by atoms with Gasteiger partial charge in [-0.1, -0.05) is 97.1 Å². The Labute approximate surface area is 251 Å². The Balaban J connectivity index is 1.27. The molecule has 3 heterocycles. The minimum absolute atomic E-state index is 0.570. The lowest BCUT2D eigenvalue weighted by Gasteiger charge is -2.10. The van der Waals surface area contributed by atoms with Crippen molar-refractivity contribution < 1.29 is 8.83 Å². The van der Waals surface area contributed by atoms with E-state index in [2.05, 4.69) is 24.3 Å². The minimum atomic E-state index is 0.570. The number of nitrogens with zero attached hydrogens (tertiary/aromatic N) is 4. The highest BCUT2D eigenvalue weighted by Crippen LogP contribution is 2.37. The van der Waals surface area contributed by atoms with Gasteiger partial charge in [0.2, 0.25) is 5.89 Å². The van der Waals surface area contributed by atoms with Gasteiger partial charge in [-0.05, 0) is 41.8 Å². The lowest BCUT2D eigenvalue weighted by atomic mass is 10.0. The van der Waals surface area contributed by atoms with Gasteiger partial charge in [0.1, 0.15) is 16.7 Å². The van der Waals surface area contributed by atoms with Gasteiger partial charge in [-0.2, -0.15) is 0 Å². The second kappa shape index (κ2) is 9.71. The Morgan fingerprint density at radius 2 is 1.11 bits per heavy atom. The van der Waals surface area contributed by atoms with Crippen LogP contribution in [0.25, 0.3) is 89.4 Å². The van der Waals surface area contributed by atoms with Crippen LogP contribution in [0, 0.1) is 0 Å². The Bertz CT molecular complexity index is 2500. The third-order valence-corrected chi connectivity index (χ3v) is 7.96. The van der Waals surface area contributed by atoms with Gasteiger partial charge >= 0.3 is 0 Å². The molecule has 9 rings (SSSR count). The number of rotatable bonds is 4. The van der Waals surface area contributed by atoms with Crippen molar-refractivity contribution >= 4 is 43.8 Å². The van der Waals surface area contributed by atoms with Gasteiger partial charge in [-0.15, -0.1) is 0 Å². The Morgan fingerprint density at radius 1 is 0.432 bits per heavy atom. The van der Waals surface area contributed by atoms with Crippen molar-refractivity contribution in [1.29, 1.82) is 0 Å². The average Bonchev–Trinajstić information content (AvgIpc) is 3.71. The summed E-state index contributed by atoms with van der Waals surface area (Å²) in [5.41, 5.74) is 6.74. The fourth-order valence-corrected chi connectivity index (χ4v) is 5.85. The summed E-state index contributed by atoms with van der Waals surface area (Å²) < 4.78 is 12.5. The van der Waals surface area contributed by atoms with Crippen LogP contribution in [-0.2, 0) is 0 Å². The molecule has 0 radical (unpaired) electrons. The normalized spacial score (nSPS) is 11.6. The quantitative estimate of drug-likeness (QED) is 0.211. The first-order valence-electron chi connectivity index (χ1n) is 14.4. The van der Waals surface area contributed by atoms with Gasteiger partial charge in [-0.25, -0.2) is 19.9 Å². The molecule has 206 valence electrons. The third kappa shape index (κ3) is 3.96. The number of fused-ring (bicyclic) bond motifs is 6. The molecule has 6 nitrogen and oxygen atoms in total. The van der Waals surface area contributed by atoms with Crippen LogP contribution in [0.15, 0.2) is 142 Å². The molecule has 6 aromatic carbocycles. The number of aromatic nitrogens is 4. The number of hydrogen-bond acceptors (Lipinski definition) is 6. The van der Waals surface area contributed by atoms with E-state index in [1.54, 1.807) is 0 Å². The molecule has 0 saturated heterocycles. The maximum atomic E-state index is 6.35. The molecule has 0 aliphatic rings. The molecule has 9 aromatic rings. The number of benzene rings is 6. The smallest absolute Gasteiger partial charge is 0.227 e. The lowest BCUT2D eigenvalue weighted by Crippen LogP contribution is -2.00. The fourth-order valence-electron chi connectivity index (χ4n) is 5.85. The molecule has 0 saturated carbocycles. The van der Waals surface area contributed by atoms with E-state index in [0.717, 1.165) is 66.1 Å². The Hall–Kier alpha value is -6.14. The van der Waals surface area contributed by atoms with Gasteiger partial charge in [0.25, 0.3) is 0 Å². The molecule has 3 aromatic heterocycles. The standard InChI is InChI=1S/C38H22N4O2/c1-3-10-24(11-4-1)35-40-36(42-37(41-35)28-15-9-17-32-33(28)27-14-7-8-16-31(27)43-32)26-19-18-23-20-21-30-34(29(23)22-26)44-38(39-30)25-12-5-2-6-13-25/h1-22H. The zero-order chi connectivity index (χ0) is 29.0. The summed E-state index contributed by atoms with van der Waals surface area (Å²) in [6.07, 6.45) is 0. The molecule has 0 atom stereocenters. The summed E-state index contributed by atoms with van der Waals surface area (Å²) in [4.78, 5) is 19.8. The first kappa shape index (κ1) is 24.5. The second-order valence-corrected chi connectivity index (χ2v) is 10.7. The van der Waals surface area contributed by atoms with Crippen LogP contribution in [0.2, 0.25) is 0 Å². The molecule has 0 fully saturated rings. The maximum Gasteiger partial charge on any atom is 0.227 e. The Morgan fingerprint density at radius 3 is 1.95 bits per heavy atom. The predicted octanol–water partition coefficient (Wildman–Crippen LogP) is 9.73. The third-order valence-electron chi connectivity index (χ3n) is 7.96. The van der Waals surface area contributed by atoms with Crippen molar-refractivity contribution in [2.45, 2.75) is 0 Å². The topological polar surface area (TPSA) is 77.8 Å². The number of furan rings is 1. The SMILES string of the molecule is c1ccc(-c2nc(-c3ccc4ccc5nc(-c6ccccc6)oc5c4c3)nc(-c3cccc4oc5ccccc5c34)n2)cc1. The summed E-state index contributed by atoms with van der Waals surface area (Å²) >= 11 is 0. The zero-order valence-electron chi connectivity index (χ0n) is 23.3. The van der Waals surface area contributed by atoms with Crippen molar-refractivity contribution in [3.8, 4) is 45.6 Å². The van der Waals surface area contributed by atoms with Gasteiger partial charge in [-0.3, -0.25) is 0 Å². The summed E-state index contributed by atoms with van der Waals surface area (Å²) in [7, 11) is 0. The highest BCUT2D eigenvalue weighted by atomic mass is 16.3. The molecule has 0 amide bonds. The Kier molecular flexibility index (Phi) is 5.40. The first-order chi connectivity index (χ1) is 21.8. The predicted molar refractivity (Wildman–Crippen MR) is 174 cm³/mol. The molecule has 0 aliphatic heterocycles. The first-order valence-corrected chi connectivity index (χ1v) is 14.4. The summed E-state index contributed by atoms with van der Waals surface area (Å²) in [5, 5.41) is 3.99. The summed E-state index contributed by atoms with van der Waals surface area (Å²) in [5.74, 6) is 2.34. The minimum Gasteiger partial charge on any atom is -0.456 e. The molecule has 0 aliphatic carbocycles. The van der Waals surface area contributed by atoms with Crippen LogP contribution < -0.4 is 0 Å². The van der Waals surface area contributed by atoms with Gasteiger partial charge in [0, 0.05) is 38.4 Å². The van der Waals surface area contributed by atoms with Crippen LogP contribution in [0.1, 0.15) is 0 Å². The maximum absolute atomic E-state index is 6.35. The monoisotopic (exact) mass is 566 g/mol. The van der Waals surface area contributed by atoms with Crippen molar-refractivity contribution in [3.63, 3.8) is 0 Å². The van der Waals surface area contributed by atoms with Crippen LogP contribution >= 0.6 is 0 Å². The second-order valence-electron chi connectivity index (χ2n) is 10.7. The highest BCUT2D eigenvalue weighted by Gasteiger charge is 2.18. The van der Waals surface area contributed by atoms with E-state index in [-0.39, 0.29) is 0 Å². The lowest BCUT2D eigenvalue weighted by molar-refractivity contribution is 0.623. The van der Waals surface area contributed by atoms with E-state index in [4.69, 9.17) is 28.8 Å². The number of hydrogen-bond donors (Lipinski definition) is 0. The van der Waals surface area contributed by atoms with Crippen molar-refractivity contribution in [3.05, 3.63) is 133 Å². The van der Waals surface area contributed by atoms with Crippen LogP contribution in [0.3, 0.4) is 0 Å². The van der Waals surface area contributed by atoms with E-state index >= 15 is 0 Å². The van der Waals surface area contributed by atoms with E-state index in [0.29, 0.717) is 23.4 Å². The van der Waals surface area contributed by atoms with E-state index in [1.165, 1.54) is 0 Å². The fraction of sp³-hybridized carbons (Fsp3) is 0. The molecule has 6 heteroatoms. The molecular formula is C38H22N4O2. The van der Waals surface area contributed by atoms with Gasteiger partial charge in [0.15, 0.2) is 23.1 Å². The molecule has 0 N–H and O–H groups in total. The average molecular weight is 567 g/mol. The van der Waals surface area contributed by atoms with E-state index in [9.17, 15) is 0 Å². The zero-order valence-corrected chi connectivity index (χ0v) is 23.3. The van der Waals surface area contributed by atoms with Crippen LogP contribution in [0.4, 0.5) is 0 Å². The molecule has 0 bridgehead atoms. The van der Waals surface area contributed by atoms with Gasteiger partial charge < -0.3 is 8.83 Å². The van der Waals surface area contributed by atoms with Crippen LogP contribution in [-0.4, -0.2) is 19.9 Å². The van der Waals surface area contributed by atoms with Crippen molar-refractivity contribution in [1.82, 2.24) is 19.9 Å². The van der Waals surface area contributed by atoms with Crippen molar-refractivity contribution in [2.75, 3.05) is 0 Å².